The van der Waals surface area contributed by atoms with Crippen LogP contribution in [0.4, 0.5) is 8.78 Å². The molecule has 1 unspecified atom stereocenters. The van der Waals surface area contributed by atoms with E-state index in [9.17, 15) is 17.2 Å². The third-order valence-electron chi connectivity index (χ3n) is 3.20. The van der Waals surface area contributed by atoms with Crippen LogP contribution in [0, 0.1) is 11.6 Å². The molecule has 0 aliphatic rings. The topological polar surface area (TPSA) is 54.4 Å². The van der Waals surface area contributed by atoms with Gasteiger partial charge in [0.1, 0.15) is 11.6 Å². The first-order valence-corrected chi connectivity index (χ1v) is 8.41. The number of halogens is 2. The number of benzene rings is 1. The van der Waals surface area contributed by atoms with Gasteiger partial charge in [0.2, 0.25) is 0 Å². The fourth-order valence-corrected chi connectivity index (χ4v) is 4.14. The summed E-state index contributed by atoms with van der Waals surface area (Å²) in [4.78, 5) is 0. The minimum absolute atomic E-state index is 0.0241. The van der Waals surface area contributed by atoms with Gasteiger partial charge in [-0.25, -0.2) is 17.2 Å². The Hall–Kier alpha value is -1.01. The lowest BCUT2D eigenvalue weighted by Crippen LogP contribution is -2.18. The molecule has 1 aromatic carbocycles. The predicted octanol–water partition coefficient (Wildman–Crippen LogP) is 2.99. The Bertz CT molecular complexity index is 529. The largest absolute Gasteiger partial charge is 0.396 e. The van der Waals surface area contributed by atoms with Crippen LogP contribution in [0.15, 0.2) is 18.2 Å². The summed E-state index contributed by atoms with van der Waals surface area (Å²) in [6, 6.07) is 2.98. The summed E-state index contributed by atoms with van der Waals surface area (Å²) in [6.07, 6.45) is 1.84. The first-order valence-electron chi connectivity index (χ1n) is 6.69. The van der Waals surface area contributed by atoms with E-state index < -0.39 is 26.7 Å². The fourth-order valence-electron chi connectivity index (χ4n) is 2.16. The highest BCUT2D eigenvalue weighted by Crippen LogP contribution is 2.29. The molecule has 1 rings (SSSR count). The minimum atomic E-state index is -3.49. The van der Waals surface area contributed by atoms with E-state index in [0.29, 0.717) is 25.3 Å². The molecule has 0 saturated heterocycles. The molecule has 0 heterocycles. The van der Waals surface area contributed by atoms with E-state index in [1.54, 1.807) is 6.92 Å². The Morgan fingerprint density at radius 3 is 2.45 bits per heavy atom. The number of aliphatic hydroxyl groups excluding tert-OH is 1. The van der Waals surface area contributed by atoms with Crippen molar-refractivity contribution in [2.24, 2.45) is 0 Å². The van der Waals surface area contributed by atoms with Crippen molar-refractivity contribution >= 4 is 9.84 Å². The summed E-state index contributed by atoms with van der Waals surface area (Å²) in [7, 11) is -3.49. The van der Waals surface area contributed by atoms with Crippen LogP contribution in [0.3, 0.4) is 0 Å². The lowest BCUT2D eigenvalue weighted by atomic mass is 10.1. The smallest absolute Gasteiger partial charge is 0.157 e. The van der Waals surface area contributed by atoms with Gasteiger partial charge in [0.25, 0.3) is 0 Å². The van der Waals surface area contributed by atoms with Gasteiger partial charge in [0.05, 0.1) is 11.0 Å². The molecular formula is C14H20F2O3S. The predicted molar refractivity (Wildman–Crippen MR) is 74.1 cm³/mol. The second kappa shape index (κ2) is 7.69. The van der Waals surface area contributed by atoms with Gasteiger partial charge < -0.3 is 5.11 Å². The molecule has 1 N–H and O–H groups in total. The Balaban J connectivity index is 2.88. The third-order valence-corrected chi connectivity index (χ3v) is 5.51. The molecule has 0 amide bonds. The van der Waals surface area contributed by atoms with Crippen LogP contribution in [0.25, 0.3) is 0 Å². The molecular weight excluding hydrogens is 286 g/mol. The number of hydrogen-bond donors (Lipinski definition) is 1. The van der Waals surface area contributed by atoms with Gasteiger partial charge in [0.15, 0.2) is 9.84 Å². The quantitative estimate of drug-likeness (QED) is 0.751. The maximum Gasteiger partial charge on any atom is 0.157 e. The van der Waals surface area contributed by atoms with Crippen molar-refractivity contribution in [2.45, 2.75) is 37.9 Å². The zero-order valence-electron chi connectivity index (χ0n) is 11.5. The van der Waals surface area contributed by atoms with Crippen LogP contribution in [0.5, 0.6) is 0 Å². The van der Waals surface area contributed by atoms with E-state index in [0.717, 1.165) is 6.07 Å². The van der Waals surface area contributed by atoms with Gasteiger partial charge in [0, 0.05) is 18.2 Å². The Morgan fingerprint density at radius 1 is 1.20 bits per heavy atom. The van der Waals surface area contributed by atoms with Gasteiger partial charge in [-0.3, -0.25) is 0 Å². The van der Waals surface area contributed by atoms with Crippen molar-refractivity contribution in [3.05, 3.63) is 35.4 Å². The lowest BCUT2D eigenvalue weighted by molar-refractivity contribution is 0.284. The highest BCUT2D eigenvalue weighted by atomic mass is 32.2. The zero-order valence-corrected chi connectivity index (χ0v) is 12.3. The molecule has 1 atom stereocenters. The highest BCUT2D eigenvalue weighted by molar-refractivity contribution is 7.91. The number of sulfone groups is 1. The van der Waals surface area contributed by atoms with Crippen LogP contribution in [-0.4, -0.2) is 25.9 Å². The van der Waals surface area contributed by atoms with E-state index in [4.69, 9.17) is 5.11 Å². The van der Waals surface area contributed by atoms with E-state index in [-0.39, 0.29) is 24.3 Å². The monoisotopic (exact) mass is 306 g/mol. The maximum atomic E-state index is 13.7. The van der Waals surface area contributed by atoms with Gasteiger partial charge in [-0.15, -0.1) is 0 Å². The van der Waals surface area contributed by atoms with Gasteiger partial charge in [-0.1, -0.05) is 19.4 Å². The second-order valence-electron chi connectivity index (χ2n) is 4.71. The lowest BCUT2D eigenvalue weighted by Gasteiger charge is -2.17. The average Bonchev–Trinajstić information content (AvgIpc) is 2.38. The van der Waals surface area contributed by atoms with Crippen molar-refractivity contribution < 1.29 is 22.3 Å². The Labute approximate surface area is 118 Å². The molecule has 0 spiro atoms. The SMILES string of the molecule is CCC(c1ccc(F)cc1F)S(=O)(=O)CCCCCO. The molecule has 0 aliphatic heterocycles. The summed E-state index contributed by atoms with van der Waals surface area (Å²) in [5.41, 5.74) is 0.0241. The van der Waals surface area contributed by atoms with Crippen molar-refractivity contribution in [2.75, 3.05) is 12.4 Å². The molecule has 0 fully saturated rings. The van der Waals surface area contributed by atoms with Crippen molar-refractivity contribution in [1.29, 1.82) is 0 Å². The first kappa shape index (κ1) is 17.0. The van der Waals surface area contributed by atoms with Crippen molar-refractivity contribution in [3.63, 3.8) is 0 Å². The Kier molecular flexibility index (Phi) is 6.55. The molecule has 0 aliphatic carbocycles. The second-order valence-corrected chi connectivity index (χ2v) is 7.02. The molecule has 114 valence electrons. The summed E-state index contributed by atoms with van der Waals surface area (Å²) in [5.74, 6) is -1.60. The number of aliphatic hydroxyl groups is 1. The van der Waals surface area contributed by atoms with E-state index in [2.05, 4.69) is 0 Å². The normalized spacial score (nSPS) is 13.4. The summed E-state index contributed by atoms with van der Waals surface area (Å²) in [6.45, 7) is 1.70. The maximum absolute atomic E-state index is 13.7. The summed E-state index contributed by atoms with van der Waals surface area (Å²) in [5, 5.41) is 7.71. The van der Waals surface area contributed by atoms with Gasteiger partial charge >= 0.3 is 0 Å². The van der Waals surface area contributed by atoms with Crippen LogP contribution in [-0.2, 0) is 9.84 Å². The number of hydrogen-bond acceptors (Lipinski definition) is 3. The molecule has 20 heavy (non-hydrogen) atoms. The van der Waals surface area contributed by atoms with E-state index in [1.807, 2.05) is 0 Å². The number of unbranched alkanes of at least 4 members (excludes halogenated alkanes) is 2. The Morgan fingerprint density at radius 2 is 1.90 bits per heavy atom. The molecule has 0 radical (unpaired) electrons. The van der Waals surface area contributed by atoms with Crippen molar-refractivity contribution in [1.82, 2.24) is 0 Å². The molecule has 6 heteroatoms. The third kappa shape index (κ3) is 4.52. The van der Waals surface area contributed by atoms with Gasteiger partial charge in [-0.05, 0) is 25.3 Å². The van der Waals surface area contributed by atoms with Crippen LogP contribution in [0.2, 0.25) is 0 Å². The summed E-state index contributed by atoms with van der Waals surface area (Å²) >= 11 is 0. The standard InChI is InChI=1S/C14H20F2O3S/c1-2-14(12-7-6-11(15)10-13(12)16)20(18,19)9-5-3-4-8-17/h6-7,10,14,17H,2-5,8-9H2,1H3. The molecule has 3 nitrogen and oxygen atoms in total. The van der Waals surface area contributed by atoms with Gasteiger partial charge in [-0.2, -0.15) is 0 Å². The summed E-state index contributed by atoms with van der Waals surface area (Å²) < 4.78 is 51.1. The minimum Gasteiger partial charge on any atom is -0.396 e. The number of rotatable bonds is 8. The van der Waals surface area contributed by atoms with E-state index >= 15 is 0 Å². The first-order chi connectivity index (χ1) is 9.42. The van der Waals surface area contributed by atoms with Crippen LogP contribution < -0.4 is 0 Å². The molecule has 0 bridgehead atoms. The molecule has 0 saturated carbocycles. The van der Waals surface area contributed by atoms with Crippen molar-refractivity contribution in [3.8, 4) is 0 Å². The molecule has 1 aromatic rings. The average molecular weight is 306 g/mol. The van der Waals surface area contributed by atoms with E-state index in [1.165, 1.54) is 6.07 Å². The van der Waals surface area contributed by atoms with Crippen LogP contribution in [0.1, 0.15) is 43.4 Å². The van der Waals surface area contributed by atoms with Crippen LogP contribution >= 0.6 is 0 Å². The highest BCUT2D eigenvalue weighted by Gasteiger charge is 2.27. The molecule has 0 aromatic heterocycles. The fraction of sp³-hybridized carbons (Fsp3) is 0.571. The zero-order chi connectivity index (χ0) is 15.2.